The van der Waals surface area contributed by atoms with Crippen LogP contribution in [0.4, 0.5) is 0 Å². The molecule has 0 aliphatic carbocycles. The Morgan fingerprint density at radius 1 is 1.32 bits per heavy atom. The molecule has 0 fully saturated rings. The summed E-state index contributed by atoms with van der Waals surface area (Å²) in [7, 11) is 3.47. The molecule has 0 aliphatic heterocycles. The average molecular weight is 502 g/mol. The summed E-state index contributed by atoms with van der Waals surface area (Å²) in [5, 5.41) is 6.64. The van der Waals surface area contributed by atoms with E-state index in [2.05, 4.69) is 43.9 Å². The Hall–Kier alpha value is -0.150. The van der Waals surface area contributed by atoms with Gasteiger partial charge in [0.05, 0.1) is 7.11 Å². The van der Waals surface area contributed by atoms with Crippen LogP contribution in [-0.2, 0) is 6.54 Å². The second-order valence-electron chi connectivity index (χ2n) is 4.51. The van der Waals surface area contributed by atoms with Crippen molar-refractivity contribution in [3.8, 4) is 5.75 Å². The van der Waals surface area contributed by atoms with E-state index in [0.29, 0.717) is 6.54 Å². The minimum atomic E-state index is 0. The van der Waals surface area contributed by atoms with E-state index in [1.807, 2.05) is 23.9 Å². The number of aliphatic imine (C=N–C) groups is 1. The average Bonchev–Trinajstić information content (AvgIpc) is 2.50. The molecule has 0 saturated carbocycles. The summed E-state index contributed by atoms with van der Waals surface area (Å²) in [6.07, 6.45) is 4.52. The monoisotopic (exact) mass is 501 g/mol. The summed E-state index contributed by atoms with van der Waals surface area (Å²) >= 11 is 5.37. The molecule has 0 aliphatic rings. The van der Waals surface area contributed by atoms with Crippen LogP contribution in [0, 0.1) is 0 Å². The van der Waals surface area contributed by atoms with Crippen LogP contribution >= 0.6 is 51.7 Å². The van der Waals surface area contributed by atoms with Gasteiger partial charge < -0.3 is 15.4 Å². The van der Waals surface area contributed by atoms with Gasteiger partial charge in [-0.3, -0.25) is 4.99 Å². The SMILES string of the molecule is CN=C(NCCCCSC)NCc1cc(Br)ccc1OC.I. The number of benzene rings is 1. The lowest BCUT2D eigenvalue weighted by molar-refractivity contribution is 0.409. The molecule has 0 radical (unpaired) electrons. The van der Waals surface area contributed by atoms with Crippen LogP contribution in [0.25, 0.3) is 0 Å². The predicted octanol–water partition coefficient (Wildman–Crippen LogP) is 3.88. The molecule has 0 bridgehead atoms. The summed E-state index contributed by atoms with van der Waals surface area (Å²) < 4.78 is 6.41. The van der Waals surface area contributed by atoms with E-state index in [9.17, 15) is 0 Å². The zero-order chi connectivity index (χ0) is 15.5. The van der Waals surface area contributed by atoms with Crippen LogP contribution in [0.1, 0.15) is 18.4 Å². The quantitative estimate of drug-likeness (QED) is 0.245. The van der Waals surface area contributed by atoms with Crippen LogP contribution in [-0.4, -0.2) is 38.7 Å². The summed E-state index contributed by atoms with van der Waals surface area (Å²) in [4.78, 5) is 4.24. The maximum atomic E-state index is 5.37. The molecular formula is C15H25BrIN3OS. The van der Waals surface area contributed by atoms with Gasteiger partial charge in [0.15, 0.2) is 5.96 Å². The maximum absolute atomic E-state index is 5.37. The lowest BCUT2D eigenvalue weighted by Gasteiger charge is -2.14. The number of thioether (sulfide) groups is 1. The molecule has 0 aromatic heterocycles. The molecule has 0 saturated heterocycles. The Kier molecular flexibility index (Phi) is 13.2. The third-order valence-corrected chi connectivity index (χ3v) is 4.17. The first-order valence-corrected chi connectivity index (χ1v) is 9.15. The van der Waals surface area contributed by atoms with Gasteiger partial charge in [0.2, 0.25) is 0 Å². The van der Waals surface area contributed by atoms with Gasteiger partial charge in [-0.05, 0) is 43.0 Å². The summed E-state index contributed by atoms with van der Waals surface area (Å²) in [6, 6.07) is 5.98. The van der Waals surface area contributed by atoms with Crippen molar-refractivity contribution in [2.75, 3.05) is 32.7 Å². The van der Waals surface area contributed by atoms with E-state index in [1.54, 1.807) is 14.2 Å². The Labute approximate surface area is 163 Å². The van der Waals surface area contributed by atoms with Crippen molar-refractivity contribution in [3.05, 3.63) is 28.2 Å². The number of methoxy groups -OCH3 is 1. The minimum Gasteiger partial charge on any atom is -0.496 e. The lowest BCUT2D eigenvalue weighted by Crippen LogP contribution is -2.37. The lowest BCUT2D eigenvalue weighted by atomic mass is 10.2. The third-order valence-electron chi connectivity index (χ3n) is 2.98. The molecule has 1 rings (SSSR count). The topological polar surface area (TPSA) is 45.7 Å². The van der Waals surface area contributed by atoms with Crippen molar-refractivity contribution in [3.63, 3.8) is 0 Å². The second kappa shape index (κ2) is 13.3. The predicted molar refractivity (Wildman–Crippen MR) is 112 cm³/mol. The molecule has 126 valence electrons. The van der Waals surface area contributed by atoms with E-state index < -0.39 is 0 Å². The van der Waals surface area contributed by atoms with Gasteiger partial charge in [0, 0.05) is 30.2 Å². The standard InChI is InChI=1S/C15H24BrN3OS.HI/c1-17-15(18-8-4-5-9-21-3)19-11-12-10-13(16)6-7-14(12)20-2;/h6-7,10H,4-5,8-9,11H2,1-3H3,(H2,17,18,19);1H. The third kappa shape index (κ3) is 8.47. The Balaban J connectivity index is 0.00000441. The molecule has 0 atom stereocenters. The fourth-order valence-electron chi connectivity index (χ4n) is 1.86. The van der Waals surface area contributed by atoms with Gasteiger partial charge in [-0.2, -0.15) is 11.8 Å². The number of hydrogen-bond donors (Lipinski definition) is 2. The highest BCUT2D eigenvalue weighted by Crippen LogP contribution is 2.22. The highest BCUT2D eigenvalue weighted by Gasteiger charge is 2.05. The molecule has 22 heavy (non-hydrogen) atoms. The normalized spacial score (nSPS) is 10.8. The zero-order valence-electron chi connectivity index (χ0n) is 13.3. The Bertz CT molecular complexity index is 460. The van der Waals surface area contributed by atoms with Crippen molar-refractivity contribution in [2.45, 2.75) is 19.4 Å². The molecule has 1 aromatic carbocycles. The van der Waals surface area contributed by atoms with Crippen molar-refractivity contribution in [1.29, 1.82) is 0 Å². The van der Waals surface area contributed by atoms with Crippen molar-refractivity contribution >= 4 is 57.6 Å². The van der Waals surface area contributed by atoms with Crippen LogP contribution < -0.4 is 15.4 Å². The van der Waals surface area contributed by atoms with E-state index in [1.165, 1.54) is 12.2 Å². The molecule has 4 nitrogen and oxygen atoms in total. The first-order chi connectivity index (χ1) is 10.2. The van der Waals surface area contributed by atoms with Gasteiger partial charge in [0.25, 0.3) is 0 Å². The maximum Gasteiger partial charge on any atom is 0.191 e. The van der Waals surface area contributed by atoms with Gasteiger partial charge >= 0.3 is 0 Å². The molecule has 0 unspecified atom stereocenters. The summed E-state index contributed by atoms with van der Waals surface area (Å²) in [5.41, 5.74) is 1.09. The number of rotatable bonds is 8. The molecule has 2 N–H and O–H groups in total. The Morgan fingerprint density at radius 3 is 2.73 bits per heavy atom. The number of guanidine groups is 1. The van der Waals surface area contributed by atoms with E-state index >= 15 is 0 Å². The van der Waals surface area contributed by atoms with E-state index in [0.717, 1.165) is 34.7 Å². The number of nitrogens with zero attached hydrogens (tertiary/aromatic N) is 1. The van der Waals surface area contributed by atoms with Crippen molar-refractivity contribution < 1.29 is 4.74 Å². The van der Waals surface area contributed by atoms with Gasteiger partial charge in [-0.15, -0.1) is 24.0 Å². The molecule has 0 amide bonds. The van der Waals surface area contributed by atoms with Crippen LogP contribution in [0.3, 0.4) is 0 Å². The van der Waals surface area contributed by atoms with E-state index in [4.69, 9.17) is 4.74 Å². The number of hydrogen-bond acceptors (Lipinski definition) is 3. The highest BCUT2D eigenvalue weighted by atomic mass is 127. The zero-order valence-corrected chi connectivity index (χ0v) is 18.1. The van der Waals surface area contributed by atoms with Crippen LogP contribution in [0.2, 0.25) is 0 Å². The molecule has 0 spiro atoms. The number of halogens is 2. The Morgan fingerprint density at radius 2 is 2.09 bits per heavy atom. The van der Waals surface area contributed by atoms with Gasteiger partial charge in [0.1, 0.15) is 5.75 Å². The number of unbranched alkanes of at least 4 members (excludes halogenated alkanes) is 1. The summed E-state index contributed by atoms with van der Waals surface area (Å²) in [5.74, 6) is 2.91. The first kappa shape index (κ1) is 21.9. The smallest absolute Gasteiger partial charge is 0.191 e. The van der Waals surface area contributed by atoms with Crippen molar-refractivity contribution in [2.24, 2.45) is 4.99 Å². The fourth-order valence-corrected chi connectivity index (χ4v) is 2.76. The molecule has 7 heteroatoms. The fraction of sp³-hybridized carbons (Fsp3) is 0.533. The van der Waals surface area contributed by atoms with E-state index in [-0.39, 0.29) is 24.0 Å². The first-order valence-electron chi connectivity index (χ1n) is 6.97. The van der Waals surface area contributed by atoms with Crippen LogP contribution in [0.5, 0.6) is 5.75 Å². The molecular weight excluding hydrogens is 477 g/mol. The number of nitrogens with one attached hydrogen (secondary N) is 2. The van der Waals surface area contributed by atoms with Gasteiger partial charge in [-0.25, -0.2) is 0 Å². The molecule has 1 aromatic rings. The van der Waals surface area contributed by atoms with Gasteiger partial charge in [-0.1, -0.05) is 15.9 Å². The highest BCUT2D eigenvalue weighted by molar-refractivity contribution is 14.0. The van der Waals surface area contributed by atoms with Crippen LogP contribution in [0.15, 0.2) is 27.7 Å². The van der Waals surface area contributed by atoms with Crippen molar-refractivity contribution in [1.82, 2.24) is 10.6 Å². The minimum absolute atomic E-state index is 0. The second-order valence-corrected chi connectivity index (χ2v) is 6.41. The largest absolute Gasteiger partial charge is 0.496 e. The number of ether oxygens (including phenoxy) is 1. The molecule has 0 heterocycles. The summed E-state index contributed by atoms with van der Waals surface area (Å²) in [6.45, 7) is 1.61.